The van der Waals surface area contributed by atoms with Crippen molar-refractivity contribution >= 4 is 5.91 Å². The molecular weight excluding hydrogens is 407 g/mol. The first kappa shape index (κ1) is 19.8. The van der Waals surface area contributed by atoms with Crippen LogP contribution in [0.3, 0.4) is 0 Å². The summed E-state index contributed by atoms with van der Waals surface area (Å²) in [6, 6.07) is 3.09. The zero-order chi connectivity index (χ0) is 21.5. The second kappa shape index (κ2) is 7.07. The summed E-state index contributed by atoms with van der Waals surface area (Å²) in [4.78, 5) is 33.2. The van der Waals surface area contributed by atoms with Crippen molar-refractivity contribution in [1.29, 1.82) is 0 Å². The molecule has 1 atom stereocenters. The summed E-state index contributed by atoms with van der Waals surface area (Å²) in [5.74, 6) is -1.26. The van der Waals surface area contributed by atoms with Crippen molar-refractivity contribution in [1.82, 2.24) is 34.4 Å². The number of pyridine rings is 1. The van der Waals surface area contributed by atoms with Crippen LogP contribution >= 0.6 is 0 Å². The zero-order valence-electron chi connectivity index (χ0n) is 15.7. The average molecular weight is 423 g/mol. The Hall–Kier alpha value is -3.51. The van der Waals surface area contributed by atoms with Gasteiger partial charge in [0, 0.05) is 38.1 Å². The average Bonchev–Trinajstić information content (AvgIpc) is 3.44. The van der Waals surface area contributed by atoms with Crippen molar-refractivity contribution in [3.8, 4) is 11.4 Å². The molecule has 30 heavy (non-hydrogen) atoms. The molecule has 3 aromatic heterocycles. The lowest BCUT2D eigenvalue weighted by Gasteiger charge is -2.27. The van der Waals surface area contributed by atoms with E-state index >= 15 is 0 Å². The van der Waals surface area contributed by atoms with Crippen LogP contribution in [0.15, 0.2) is 40.2 Å². The highest BCUT2D eigenvalue weighted by molar-refractivity contribution is 5.76. The number of halogens is 3. The van der Waals surface area contributed by atoms with Gasteiger partial charge in [0.05, 0.1) is 0 Å². The standard InChI is InChI=1S/C17H16F3N7O3/c1-25-10-22-27(15(25)29)8-12(28)26-7-4-16(9-26,17(18,19)20)14-23-13(24-30-14)11-2-5-21-6-3-11/h2-3,5-6,10H,4,7-9H2,1H3. The molecule has 0 saturated carbocycles. The van der Waals surface area contributed by atoms with Crippen molar-refractivity contribution in [3.05, 3.63) is 47.2 Å². The van der Waals surface area contributed by atoms with E-state index in [1.807, 2.05) is 0 Å². The fourth-order valence-electron chi connectivity index (χ4n) is 3.34. The third kappa shape index (κ3) is 3.25. The van der Waals surface area contributed by atoms with Crippen LogP contribution in [-0.2, 0) is 23.8 Å². The lowest BCUT2D eigenvalue weighted by molar-refractivity contribution is -0.193. The Kier molecular flexibility index (Phi) is 4.67. The van der Waals surface area contributed by atoms with Gasteiger partial charge in [0.2, 0.25) is 17.6 Å². The Balaban J connectivity index is 1.60. The van der Waals surface area contributed by atoms with Gasteiger partial charge in [0.1, 0.15) is 12.9 Å². The first-order valence-electron chi connectivity index (χ1n) is 8.89. The molecule has 1 unspecified atom stereocenters. The molecule has 1 aliphatic rings. The number of aryl methyl sites for hydroxylation is 1. The molecule has 1 aliphatic heterocycles. The van der Waals surface area contributed by atoms with E-state index < -0.39 is 48.6 Å². The summed E-state index contributed by atoms with van der Waals surface area (Å²) in [5, 5.41) is 7.42. The predicted octanol–water partition coefficient (Wildman–Crippen LogP) is 0.759. The number of carbonyl (C=O) groups is 1. The quantitative estimate of drug-likeness (QED) is 0.609. The van der Waals surface area contributed by atoms with Crippen LogP contribution in [0, 0.1) is 0 Å². The third-order valence-corrected chi connectivity index (χ3v) is 5.11. The van der Waals surface area contributed by atoms with Gasteiger partial charge < -0.3 is 9.42 Å². The van der Waals surface area contributed by atoms with Crippen molar-refractivity contribution in [2.24, 2.45) is 7.05 Å². The highest BCUT2D eigenvalue weighted by atomic mass is 19.4. The number of alkyl halides is 3. The number of hydrogen-bond acceptors (Lipinski definition) is 7. The van der Waals surface area contributed by atoms with Gasteiger partial charge in [-0.25, -0.2) is 9.48 Å². The number of carbonyl (C=O) groups excluding carboxylic acids is 1. The highest BCUT2D eigenvalue weighted by Crippen LogP contribution is 2.47. The smallest absolute Gasteiger partial charge is 0.340 e. The van der Waals surface area contributed by atoms with Crippen LogP contribution in [0.1, 0.15) is 12.3 Å². The topological polar surface area (TPSA) is 112 Å². The Labute approximate surface area is 166 Å². The molecule has 0 bridgehead atoms. The van der Waals surface area contributed by atoms with E-state index in [2.05, 4.69) is 20.2 Å². The second-order valence-electron chi connectivity index (χ2n) is 6.99. The largest absolute Gasteiger partial charge is 0.405 e. The van der Waals surface area contributed by atoms with Crippen molar-refractivity contribution in [3.63, 3.8) is 0 Å². The maximum atomic E-state index is 14.1. The second-order valence-corrected chi connectivity index (χ2v) is 6.99. The minimum absolute atomic E-state index is 0.000777. The van der Waals surface area contributed by atoms with Crippen LogP contribution in [-0.4, -0.2) is 59.5 Å². The minimum atomic E-state index is -4.73. The summed E-state index contributed by atoms with van der Waals surface area (Å²) in [5.41, 5.74) is -2.57. The summed E-state index contributed by atoms with van der Waals surface area (Å²) in [6.07, 6.45) is -1.03. The van der Waals surface area contributed by atoms with Gasteiger partial charge in [-0.2, -0.15) is 23.3 Å². The Morgan fingerprint density at radius 3 is 2.67 bits per heavy atom. The number of hydrogen-bond donors (Lipinski definition) is 0. The molecule has 0 aliphatic carbocycles. The molecule has 0 aromatic carbocycles. The van der Waals surface area contributed by atoms with Gasteiger partial charge in [0.25, 0.3) is 0 Å². The van der Waals surface area contributed by atoms with Gasteiger partial charge in [-0.1, -0.05) is 5.16 Å². The maximum absolute atomic E-state index is 14.1. The van der Waals surface area contributed by atoms with Gasteiger partial charge in [0.15, 0.2) is 5.41 Å². The summed E-state index contributed by atoms with van der Waals surface area (Å²) in [6.45, 7) is -1.32. The molecule has 4 rings (SSSR count). The molecule has 1 saturated heterocycles. The fraction of sp³-hybridized carbons (Fsp3) is 0.412. The van der Waals surface area contributed by atoms with Crippen LogP contribution in [0.5, 0.6) is 0 Å². The van der Waals surface area contributed by atoms with Gasteiger partial charge >= 0.3 is 11.9 Å². The molecular formula is C17H16F3N7O3. The number of aromatic nitrogens is 6. The molecule has 1 fully saturated rings. The first-order chi connectivity index (χ1) is 14.2. The number of likely N-dealkylation sites (tertiary alicyclic amines) is 1. The molecule has 0 N–H and O–H groups in total. The maximum Gasteiger partial charge on any atom is 0.405 e. The van der Waals surface area contributed by atoms with Crippen LogP contribution in [0.2, 0.25) is 0 Å². The molecule has 1 amide bonds. The SMILES string of the molecule is Cn1cnn(CC(=O)N2CCC(c3nc(-c4ccncc4)no3)(C(F)(F)F)C2)c1=O. The lowest BCUT2D eigenvalue weighted by atomic mass is 9.86. The molecule has 13 heteroatoms. The van der Waals surface area contributed by atoms with Gasteiger partial charge in [-0.3, -0.25) is 14.3 Å². The normalized spacial score (nSPS) is 19.4. The molecule has 158 valence electrons. The zero-order valence-corrected chi connectivity index (χ0v) is 15.7. The van der Waals surface area contributed by atoms with Crippen LogP contribution < -0.4 is 5.69 Å². The van der Waals surface area contributed by atoms with Gasteiger partial charge in [-0.05, 0) is 18.6 Å². The molecule has 0 radical (unpaired) electrons. The molecule has 4 heterocycles. The lowest BCUT2D eigenvalue weighted by Crippen LogP contribution is -2.46. The molecule has 10 nitrogen and oxygen atoms in total. The first-order valence-corrected chi connectivity index (χ1v) is 8.89. The van der Waals surface area contributed by atoms with Crippen molar-refractivity contribution in [2.75, 3.05) is 13.1 Å². The van der Waals surface area contributed by atoms with Gasteiger partial charge in [-0.15, -0.1) is 0 Å². The molecule has 0 spiro atoms. The van der Waals surface area contributed by atoms with Crippen molar-refractivity contribution < 1.29 is 22.5 Å². The molecule has 3 aromatic rings. The Morgan fingerprint density at radius 1 is 1.30 bits per heavy atom. The summed E-state index contributed by atoms with van der Waals surface area (Å²) in [7, 11) is 1.46. The number of rotatable bonds is 4. The monoisotopic (exact) mass is 423 g/mol. The summed E-state index contributed by atoms with van der Waals surface area (Å²) >= 11 is 0. The van der Waals surface area contributed by atoms with E-state index in [4.69, 9.17) is 4.52 Å². The van der Waals surface area contributed by atoms with Crippen LogP contribution in [0.25, 0.3) is 11.4 Å². The Morgan fingerprint density at radius 2 is 2.03 bits per heavy atom. The van der Waals surface area contributed by atoms with Crippen molar-refractivity contribution in [2.45, 2.75) is 24.6 Å². The number of nitrogens with zero attached hydrogens (tertiary/aromatic N) is 7. The van der Waals surface area contributed by atoms with E-state index in [1.54, 1.807) is 12.1 Å². The predicted molar refractivity (Wildman–Crippen MR) is 93.9 cm³/mol. The Bertz CT molecular complexity index is 1120. The summed E-state index contributed by atoms with van der Waals surface area (Å²) < 4.78 is 49.3. The number of amides is 1. The minimum Gasteiger partial charge on any atom is -0.340 e. The van der Waals surface area contributed by atoms with E-state index in [0.29, 0.717) is 5.56 Å². The van der Waals surface area contributed by atoms with E-state index in [1.165, 1.54) is 25.8 Å². The van der Waals surface area contributed by atoms with E-state index in [9.17, 15) is 22.8 Å². The van der Waals surface area contributed by atoms with Crippen LogP contribution in [0.4, 0.5) is 13.2 Å². The van der Waals surface area contributed by atoms with E-state index in [0.717, 1.165) is 14.1 Å². The fourth-order valence-corrected chi connectivity index (χ4v) is 3.34. The van der Waals surface area contributed by atoms with E-state index in [-0.39, 0.29) is 12.4 Å². The highest BCUT2D eigenvalue weighted by Gasteiger charge is 2.63. The third-order valence-electron chi connectivity index (χ3n) is 5.11.